The topological polar surface area (TPSA) is 17.8 Å². The second-order valence-electron chi connectivity index (χ2n) is 4.39. The molecule has 18 heavy (non-hydrogen) atoms. The molecule has 0 N–H and O–H groups in total. The van der Waals surface area contributed by atoms with Gasteiger partial charge in [0.1, 0.15) is 11.6 Å². The van der Waals surface area contributed by atoms with E-state index in [1.54, 1.807) is 17.8 Å². The van der Waals surface area contributed by atoms with Crippen molar-refractivity contribution in [3.05, 3.63) is 29.8 Å². The first-order valence-electron chi connectivity index (χ1n) is 5.85. The third kappa shape index (κ3) is 2.50. The SMILES string of the molecule is CSCC(C)n1c(C(C)Cl)nc2cc(F)ccc21. The Morgan fingerprint density at radius 1 is 1.44 bits per heavy atom. The number of imidazole rings is 1. The van der Waals surface area contributed by atoms with Crippen LogP contribution in [0.25, 0.3) is 11.0 Å². The Balaban J connectivity index is 2.62. The number of nitrogens with zero attached hydrogens (tertiary/aromatic N) is 2. The lowest BCUT2D eigenvalue weighted by atomic mass is 10.3. The maximum absolute atomic E-state index is 13.2. The van der Waals surface area contributed by atoms with Gasteiger partial charge in [0, 0.05) is 17.9 Å². The molecule has 2 aromatic rings. The number of thioether (sulfide) groups is 1. The molecule has 1 aromatic carbocycles. The Morgan fingerprint density at radius 3 is 2.78 bits per heavy atom. The molecule has 2 rings (SSSR count). The van der Waals surface area contributed by atoms with Crippen LogP contribution in [-0.2, 0) is 0 Å². The number of rotatable bonds is 4. The zero-order chi connectivity index (χ0) is 13.3. The fraction of sp³-hybridized carbons (Fsp3) is 0.462. The highest BCUT2D eigenvalue weighted by Crippen LogP contribution is 2.29. The molecule has 0 bridgehead atoms. The first-order chi connectivity index (χ1) is 8.54. The van der Waals surface area contributed by atoms with Crippen molar-refractivity contribution in [3.8, 4) is 0 Å². The Bertz CT molecular complexity index is 553. The van der Waals surface area contributed by atoms with Gasteiger partial charge >= 0.3 is 0 Å². The lowest BCUT2D eigenvalue weighted by Crippen LogP contribution is -2.11. The van der Waals surface area contributed by atoms with Crippen LogP contribution in [0, 0.1) is 5.82 Å². The molecular formula is C13H16ClFN2S. The van der Waals surface area contributed by atoms with E-state index in [1.807, 2.05) is 6.92 Å². The lowest BCUT2D eigenvalue weighted by Gasteiger charge is -2.17. The Morgan fingerprint density at radius 2 is 2.17 bits per heavy atom. The number of benzene rings is 1. The van der Waals surface area contributed by atoms with Crippen LogP contribution in [0.4, 0.5) is 4.39 Å². The summed E-state index contributed by atoms with van der Waals surface area (Å²) in [4.78, 5) is 4.46. The van der Waals surface area contributed by atoms with Crippen molar-refractivity contribution in [1.29, 1.82) is 0 Å². The minimum absolute atomic E-state index is 0.190. The minimum Gasteiger partial charge on any atom is -0.323 e. The van der Waals surface area contributed by atoms with Gasteiger partial charge in [0.25, 0.3) is 0 Å². The number of halogens is 2. The van der Waals surface area contributed by atoms with Gasteiger partial charge in [-0.05, 0) is 32.2 Å². The lowest BCUT2D eigenvalue weighted by molar-refractivity contribution is 0.592. The molecule has 5 heteroatoms. The molecule has 0 aliphatic heterocycles. The summed E-state index contributed by atoms with van der Waals surface area (Å²) in [6, 6.07) is 4.99. The van der Waals surface area contributed by atoms with Crippen LogP contribution in [0.2, 0.25) is 0 Å². The number of aromatic nitrogens is 2. The van der Waals surface area contributed by atoms with Crippen molar-refractivity contribution in [1.82, 2.24) is 9.55 Å². The van der Waals surface area contributed by atoms with Gasteiger partial charge in [-0.2, -0.15) is 11.8 Å². The Hall–Kier alpha value is -0.740. The molecule has 0 radical (unpaired) electrons. The largest absolute Gasteiger partial charge is 0.323 e. The van der Waals surface area contributed by atoms with Crippen molar-refractivity contribution in [3.63, 3.8) is 0 Å². The van der Waals surface area contributed by atoms with Crippen LogP contribution in [0.3, 0.4) is 0 Å². The molecule has 0 spiro atoms. The van der Waals surface area contributed by atoms with E-state index >= 15 is 0 Å². The number of fused-ring (bicyclic) bond motifs is 1. The van der Waals surface area contributed by atoms with E-state index in [1.165, 1.54) is 12.1 Å². The summed E-state index contributed by atoms with van der Waals surface area (Å²) in [6.07, 6.45) is 2.07. The monoisotopic (exact) mass is 286 g/mol. The zero-order valence-corrected chi connectivity index (χ0v) is 12.2. The smallest absolute Gasteiger partial charge is 0.127 e. The van der Waals surface area contributed by atoms with Gasteiger partial charge < -0.3 is 4.57 Å². The average Bonchev–Trinajstić information content (AvgIpc) is 2.67. The van der Waals surface area contributed by atoms with E-state index in [0.717, 1.165) is 17.1 Å². The second kappa shape index (κ2) is 5.49. The van der Waals surface area contributed by atoms with Gasteiger partial charge in [0.15, 0.2) is 0 Å². The Kier molecular flexibility index (Phi) is 4.17. The van der Waals surface area contributed by atoms with Gasteiger partial charge in [-0.25, -0.2) is 9.37 Å². The zero-order valence-electron chi connectivity index (χ0n) is 10.7. The van der Waals surface area contributed by atoms with E-state index < -0.39 is 0 Å². The standard InChI is InChI=1S/C13H16ClFN2S/c1-8(7-18-3)17-12-5-4-10(15)6-11(12)16-13(17)9(2)14/h4-6,8-9H,7H2,1-3H3. The molecule has 0 fully saturated rings. The summed E-state index contributed by atoms with van der Waals surface area (Å²) >= 11 is 7.95. The molecule has 2 nitrogen and oxygen atoms in total. The van der Waals surface area contributed by atoms with E-state index in [-0.39, 0.29) is 17.2 Å². The maximum Gasteiger partial charge on any atom is 0.127 e. The highest BCUT2D eigenvalue weighted by Gasteiger charge is 2.19. The van der Waals surface area contributed by atoms with Crippen molar-refractivity contribution >= 4 is 34.4 Å². The molecular weight excluding hydrogens is 271 g/mol. The maximum atomic E-state index is 13.2. The molecule has 0 aliphatic rings. The summed E-state index contributed by atoms with van der Waals surface area (Å²) in [7, 11) is 0. The third-order valence-corrected chi connectivity index (χ3v) is 3.89. The van der Waals surface area contributed by atoms with Crippen molar-refractivity contribution in [2.24, 2.45) is 0 Å². The number of hydrogen-bond acceptors (Lipinski definition) is 2. The number of hydrogen-bond donors (Lipinski definition) is 0. The van der Waals surface area contributed by atoms with Gasteiger partial charge in [0.05, 0.1) is 16.4 Å². The second-order valence-corrected chi connectivity index (χ2v) is 5.96. The summed E-state index contributed by atoms with van der Waals surface area (Å²) in [5.74, 6) is 1.51. The van der Waals surface area contributed by atoms with Crippen LogP contribution in [-0.4, -0.2) is 21.6 Å². The van der Waals surface area contributed by atoms with Gasteiger partial charge in [-0.15, -0.1) is 11.6 Å². The van der Waals surface area contributed by atoms with Crippen LogP contribution >= 0.6 is 23.4 Å². The third-order valence-electron chi connectivity index (χ3n) is 2.88. The van der Waals surface area contributed by atoms with Crippen LogP contribution in [0.5, 0.6) is 0 Å². The molecule has 0 saturated carbocycles. The van der Waals surface area contributed by atoms with E-state index in [2.05, 4.69) is 22.7 Å². The van der Waals surface area contributed by atoms with E-state index in [9.17, 15) is 4.39 Å². The summed E-state index contributed by atoms with van der Waals surface area (Å²) in [5, 5.41) is -0.190. The van der Waals surface area contributed by atoms with Crippen molar-refractivity contribution < 1.29 is 4.39 Å². The fourth-order valence-electron chi connectivity index (χ4n) is 2.15. The normalized spacial score (nSPS) is 14.9. The van der Waals surface area contributed by atoms with E-state index in [0.29, 0.717) is 5.52 Å². The highest BCUT2D eigenvalue weighted by molar-refractivity contribution is 7.98. The molecule has 2 unspecified atom stereocenters. The minimum atomic E-state index is -0.265. The van der Waals surface area contributed by atoms with E-state index in [4.69, 9.17) is 11.6 Å². The summed E-state index contributed by atoms with van der Waals surface area (Å²) in [6.45, 7) is 4.02. The predicted molar refractivity (Wildman–Crippen MR) is 77.1 cm³/mol. The number of alkyl halides is 1. The molecule has 1 heterocycles. The van der Waals surface area contributed by atoms with Crippen LogP contribution < -0.4 is 0 Å². The van der Waals surface area contributed by atoms with Crippen LogP contribution in [0.1, 0.15) is 31.1 Å². The molecule has 0 aliphatic carbocycles. The molecule has 0 amide bonds. The van der Waals surface area contributed by atoms with Gasteiger partial charge in [-0.3, -0.25) is 0 Å². The first kappa shape index (κ1) is 13.7. The van der Waals surface area contributed by atoms with Crippen molar-refractivity contribution in [2.45, 2.75) is 25.3 Å². The first-order valence-corrected chi connectivity index (χ1v) is 7.68. The summed E-state index contributed by atoms with van der Waals surface area (Å²) in [5.41, 5.74) is 1.62. The summed E-state index contributed by atoms with van der Waals surface area (Å²) < 4.78 is 15.4. The average molecular weight is 287 g/mol. The molecule has 0 saturated heterocycles. The van der Waals surface area contributed by atoms with Crippen molar-refractivity contribution in [2.75, 3.05) is 12.0 Å². The van der Waals surface area contributed by atoms with Gasteiger partial charge in [0.2, 0.25) is 0 Å². The highest BCUT2D eigenvalue weighted by atomic mass is 35.5. The quantitative estimate of drug-likeness (QED) is 0.775. The molecule has 2 atom stereocenters. The van der Waals surface area contributed by atoms with Gasteiger partial charge in [-0.1, -0.05) is 0 Å². The van der Waals surface area contributed by atoms with Crippen LogP contribution in [0.15, 0.2) is 18.2 Å². The predicted octanol–water partition coefficient (Wildman–Crippen LogP) is 4.40. The molecule has 98 valence electrons. The Labute approximate surface area is 116 Å². The fourth-order valence-corrected chi connectivity index (χ4v) is 2.94. The molecule has 1 aromatic heterocycles.